The molecule has 2 aliphatic heterocycles. The minimum atomic E-state index is -3.88. The Bertz CT molecular complexity index is 1020. The van der Waals surface area contributed by atoms with Gasteiger partial charge in [-0.2, -0.15) is 0 Å². The van der Waals surface area contributed by atoms with Crippen LogP contribution in [0.3, 0.4) is 0 Å². The number of piperidine rings is 1. The van der Waals surface area contributed by atoms with Gasteiger partial charge in [0.05, 0.1) is 18.2 Å². The molecule has 0 radical (unpaired) electrons. The summed E-state index contributed by atoms with van der Waals surface area (Å²) in [6.45, 7) is 2.51. The molecule has 2 fully saturated rings. The summed E-state index contributed by atoms with van der Waals surface area (Å²) in [5.74, 6) is 0.0674. The molecule has 2 saturated heterocycles. The van der Waals surface area contributed by atoms with E-state index in [4.69, 9.17) is 21.1 Å². The van der Waals surface area contributed by atoms with Crippen molar-refractivity contribution in [2.24, 2.45) is 5.92 Å². The Morgan fingerprint density at radius 1 is 1.06 bits per heavy atom. The van der Waals surface area contributed by atoms with Gasteiger partial charge in [-0.3, -0.25) is 4.79 Å². The molecule has 2 aromatic rings. The van der Waals surface area contributed by atoms with Crippen LogP contribution < -0.4 is 4.72 Å². The van der Waals surface area contributed by atoms with Crippen molar-refractivity contribution in [1.29, 1.82) is 0 Å². The van der Waals surface area contributed by atoms with Gasteiger partial charge in [0.15, 0.2) is 6.29 Å². The van der Waals surface area contributed by atoms with Gasteiger partial charge < -0.3 is 14.4 Å². The van der Waals surface area contributed by atoms with Crippen molar-refractivity contribution in [1.82, 2.24) is 9.62 Å². The first-order chi connectivity index (χ1) is 14.9. The maximum atomic E-state index is 13.0. The standard InChI is InChI=1S/C22H25ClN2O5S/c23-19-7-6-18(14-20(19)31(27,28)24-15-16-4-2-1-3-5-16)21(26)25-10-8-17(9-11-25)22-29-12-13-30-22/h1-7,14,17,22,24H,8-13,15H2. The molecule has 2 heterocycles. The van der Waals surface area contributed by atoms with Gasteiger partial charge in [0.1, 0.15) is 4.90 Å². The highest BCUT2D eigenvalue weighted by molar-refractivity contribution is 7.89. The van der Waals surface area contributed by atoms with E-state index in [1.54, 1.807) is 11.0 Å². The fraction of sp³-hybridized carbons (Fsp3) is 0.409. The van der Waals surface area contributed by atoms with Gasteiger partial charge in [0, 0.05) is 31.1 Å². The van der Waals surface area contributed by atoms with Crippen LogP contribution in [0.2, 0.25) is 5.02 Å². The maximum absolute atomic E-state index is 13.0. The second kappa shape index (κ2) is 9.67. The summed E-state index contributed by atoms with van der Waals surface area (Å²) in [7, 11) is -3.88. The molecule has 0 unspecified atom stereocenters. The van der Waals surface area contributed by atoms with Crippen molar-refractivity contribution >= 4 is 27.5 Å². The van der Waals surface area contributed by atoms with E-state index in [1.807, 2.05) is 30.3 Å². The van der Waals surface area contributed by atoms with E-state index in [0.29, 0.717) is 31.9 Å². The lowest BCUT2D eigenvalue weighted by Crippen LogP contribution is -2.41. The molecule has 4 rings (SSSR count). The Balaban J connectivity index is 1.43. The second-order valence-electron chi connectivity index (χ2n) is 7.69. The Kier molecular flexibility index (Phi) is 6.93. The first kappa shape index (κ1) is 22.2. The Hall–Kier alpha value is -1.97. The number of sulfonamides is 1. The fourth-order valence-corrected chi connectivity index (χ4v) is 5.44. The van der Waals surface area contributed by atoms with E-state index < -0.39 is 10.0 Å². The lowest BCUT2D eigenvalue weighted by Gasteiger charge is -2.34. The van der Waals surface area contributed by atoms with Gasteiger partial charge in [-0.05, 0) is 36.6 Å². The molecule has 1 amide bonds. The van der Waals surface area contributed by atoms with Crippen LogP contribution >= 0.6 is 11.6 Å². The highest BCUT2D eigenvalue weighted by Crippen LogP contribution is 2.28. The molecular weight excluding hydrogens is 440 g/mol. The Morgan fingerprint density at radius 3 is 2.42 bits per heavy atom. The number of rotatable bonds is 6. The minimum absolute atomic E-state index is 0.0753. The highest BCUT2D eigenvalue weighted by Gasteiger charge is 2.32. The summed E-state index contributed by atoms with van der Waals surface area (Å²) in [5.41, 5.74) is 1.13. The van der Waals surface area contributed by atoms with Crippen LogP contribution in [0.5, 0.6) is 0 Å². The maximum Gasteiger partial charge on any atom is 0.253 e. The number of hydrogen-bond acceptors (Lipinski definition) is 5. The monoisotopic (exact) mass is 464 g/mol. The summed E-state index contributed by atoms with van der Waals surface area (Å²) >= 11 is 6.17. The first-order valence-electron chi connectivity index (χ1n) is 10.3. The van der Waals surface area contributed by atoms with E-state index in [9.17, 15) is 13.2 Å². The molecule has 166 valence electrons. The van der Waals surface area contributed by atoms with Crippen LogP contribution in [0.15, 0.2) is 53.4 Å². The zero-order chi connectivity index (χ0) is 21.8. The van der Waals surface area contributed by atoms with E-state index in [-0.39, 0.29) is 34.6 Å². The van der Waals surface area contributed by atoms with Gasteiger partial charge in [-0.15, -0.1) is 0 Å². The quantitative estimate of drug-likeness (QED) is 0.710. The number of hydrogen-bond donors (Lipinski definition) is 1. The van der Waals surface area contributed by atoms with Crippen LogP contribution in [0, 0.1) is 5.92 Å². The number of likely N-dealkylation sites (tertiary alicyclic amines) is 1. The minimum Gasteiger partial charge on any atom is -0.350 e. The summed E-state index contributed by atoms with van der Waals surface area (Å²) in [5, 5.41) is 0.0753. The molecule has 2 aliphatic rings. The van der Waals surface area contributed by atoms with Crippen LogP contribution in [0.1, 0.15) is 28.8 Å². The predicted molar refractivity (Wildman–Crippen MR) is 116 cm³/mol. The zero-order valence-corrected chi connectivity index (χ0v) is 18.6. The van der Waals surface area contributed by atoms with Crippen LogP contribution in [0.4, 0.5) is 0 Å². The van der Waals surface area contributed by atoms with Crippen molar-refractivity contribution < 1.29 is 22.7 Å². The molecular formula is C22H25ClN2O5S. The fourth-order valence-electron chi connectivity index (χ4n) is 3.90. The number of ether oxygens (including phenoxy) is 2. The van der Waals surface area contributed by atoms with Crippen molar-refractivity contribution in [3.63, 3.8) is 0 Å². The SMILES string of the molecule is O=C(c1ccc(Cl)c(S(=O)(=O)NCc2ccccc2)c1)N1CCC(C2OCCO2)CC1. The summed E-state index contributed by atoms with van der Waals surface area (Å²) < 4.78 is 39.3. The van der Waals surface area contributed by atoms with Gasteiger partial charge in [0.25, 0.3) is 5.91 Å². The average molecular weight is 465 g/mol. The van der Waals surface area contributed by atoms with Gasteiger partial charge in [0.2, 0.25) is 10.0 Å². The molecule has 31 heavy (non-hydrogen) atoms. The molecule has 0 aromatic heterocycles. The lowest BCUT2D eigenvalue weighted by atomic mass is 9.95. The molecule has 1 N–H and O–H groups in total. The third-order valence-electron chi connectivity index (χ3n) is 5.64. The Labute approximate surface area is 187 Å². The van der Waals surface area contributed by atoms with Crippen molar-refractivity contribution in [3.05, 3.63) is 64.7 Å². The molecule has 0 saturated carbocycles. The zero-order valence-electron chi connectivity index (χ0n) is 17.0. The van der Waals surface area contributed by atoms with E-state index in [2.05, 4.69) is 4.72 Å². The molecule has 0 spiro atoms. The van der Waals surface area contributed by atoms with Crippen molar-refractivity contribution in [2.75, 3.05) is 26.3 Å². The topological polar surface area (TPSA) is 84.9 Å². The number of halogens is 1. The molecule has 7 nitrogen and oxygen atoms in total. The third kappa shape index (κ3) is 5.27. The molecule has 2 aromatic carbocycles. The lowest BCUT2D eigenvalue weighted by molar-refractivity contribution is -0.0956. The predicted octanol–water partition coefficient (Wildman–Crippen LogP) is 3.04. The normalized spacial score (nSPS) is 18.4. The molecule has 0 aliphatic carbocycles. The third-order valence-corrected chi connectivity index (χ3v) is 7.52. The molecule has 0 atom stereocenters. The first-order valence-corrected chi connectivity index (χ1v) is 12.2. The van der Waals surface area contributed by atoms with Gasteiger partial charge in [-0.25, -0.2) is 13.1 Å². The molecule has 0 bridgehead atoms. The average Bonchev–Trinajstić information content (AvgIpc) is 3.33. The second-order valence-corrected chi connectivity index (χ2v) is 9.84. The number of benzene rings is 2. The summed E-state index contributed by atoms with van der Waals surface area (Å²) in [6, 6.07) is 13.6. The van der Waals surface area contributed by atoms with E-state index >= 15 is 0 Å². The highest BCUT2D eigenvalue weighted by atomic mass is 35.5. The number of nitrogens with zero attached hydrogens (tertiary/aromatic N) is 1. The Morgan fingerprint density at radius 2 is 1.74 bits per heavy atom. The van der Waals surface area contributed by atoms with Crippen molar-refractivity contribution in [2.45, 2.75) is 30.6 Å². The van der Waals surface area contributed by atoms with E-state index in [1.165, 1.54) is 12.1 Å². The van der Waals surface area contributed by atoms with E-state index in [0.717, 1.165) is 18.4 Å². The smallest absolute Gasteiger partial charge is 0.253 e. The van der Waals surface area contributed by atoms with Crippen LogP contribution in [-0.2, 0) is 26.0 Å². The van der Waals surface area contributed by atoms with Crippen LogP contribution in [0.25, 0.3) is 0 Å². The molecule has 9 heteroatoms. The number of carbonyl (C=O) groups is 1. The summed E-state index contributed by atoms with van der Waals surface area (Å²) in [6.07, 6.45) is 1.39. The number of carbonyl (C=O) groups excluding carboxylic acids is 1. The largest absolute Gasteiger partial charge is 0.350 e. The van der Waals surface area contributed by atoms with Crippen molar-refractivity contribution in [3.8, 4) is 0 Å². The summed E-state index contributed by atoms with van der Waals surface area (Å²) in [4.78, 5) is 14.6. The van der Waals surface area contributed by atoms with Crippen LogP contribution in [-0.4, -0.2) is 51.8 Å². The number of amides is 1. The van der Waals surface area contributed by atoms with Gasteiger partial charge >= 0.3 is 0 Å². The van der Waals surface area contributed by atoms with Gasteiger partial charge in [-0.1, -0.05) is 41.9 Å². The number of nitrogens with one attached hydrogen (secondary N) is 1.